The molecule has 0 radical (unpaired) electrons. The van der Waals surface area contributed by atoms with Gasteiger partial charge in [0.2, 0.25) is 0 Å². The summed E-state index contributed by atoms with van der Waals surface area (Å²) in [6.07, 6.45) is 1.78. The van der Waals surface area contributed by atoms with E-state index in [0.717, 1.165) is 12.8 Å². The third-order valence-corrected chi connectivity index (χ3v) is 3.08. The molecule has 2 atom stereocenters. The highest BCUT2D eigenvalue weighted by Crippen LogP contribution is 2.39. The maximum Gasteiger partial charge on any atom is 0.337 e. The van der Waals surface area contributed by atoms with Crippen LogP contribution < -0.4 is 0 Å². The molecule has 0 amide bonds. The van der Waals surface area contributed by atoms with Gasteiger partial charge in [-0.1, -0.05) is 0 Å². The summed E-state index contributed by atoms with van der Waals surface area (Å²) in [5.74, 6) is 0.199. The lowest BCUT2D eigenvalue weighted by molar-refractivity contribution is -0.137. The van der Waals surface area contributed by atoms with Crippen LogP contribution in [0.4, 0.5) is 0 Å². The van der Waals surface area contributed by atoms with Gasteiger partial charge in [-0.2, -0.15) is 0 Å². The smallest absolute Gasteiger partial charge is 0.337 e. The van der Waals surface area contributed by atoms with Crippen molar-refractivity contribution >= 4 is 11.8 Å². The average molecular weight is 210 g/mol. The Bertz CT molecular complexity index is 342. The number of methoxy groups -OCH3 is 1. The molecular weight excluding hydrogens is 196 g/mol. The van der Waals surface area contributed by atoms with Gasteiger partial charge in [-0.25, -0.2) is 4.79 Å². The Labute approximate surface area is 88.2 Å². The first kappa shape index (κ1) is 10.2. The number of allylic oxidation sites excluding steroid dienone is 1. The second-order valence-corrected chi connectivity index (χ2v) is 3.96. The average Bonchev–Trinajstić information content (AvgIpc) is 2.55. The highest BCUT2D eigenvalue weighted by molar-refractivity contribution is 5.94. The maximum absolute atomic E-state index is 11.6. The molecule has 15 heavy (non-hydrogen) atoms. The van der Waals surface area contributed by atoms with E-state index in [-0.39, 0.29) is 17.7 Å². The molecule has 0 bridgehead atoms. The van der Waals surface area contributed by atoms with Crippen LogP contribution in [0.3, 0.4) is 0 Å². The van der Waals surface area contributed by atoms with Crippen LogP contribution in [0.1, 0.15) is 26.2 Å². The molecule has 1 fully saturated rings. The Kier molecular flexibility index (Phi) is 2.50. The Morgan fingerprint density at radius 1 is 1.53 bits per heavy atom. The summed E-state index contributed by atoms with van der Waals surface area (Å²) in [4.78, 5) is 23.1. The molecule has 1 aliphatic carbocycles. The molecule has 2 aliphatic rings. The minimum absolute atomic E-state index is 0.0845. The highest BCUT2D eigenvalue weighted by Gasteiger charge is 2.44. The number of carbonyl (C=O) groups is 2. The first-order chi connectivity index (χ1) is 7.15. The lowest BCUT2D eigenvalue weighted by atomic mass is 9.82. The molecule has 0 unspecified atom stereocenters. The normalized spacial score (nSPS) is 29.9. The zero-order valence-electron chi connectivity index (χ0n) is 8.91. The number of ether oxygens (including phenoxy) is 2. The van der Waals surface area contributed by atoms with Crippen LogP contribution in [0.15, 0.2) is 11.3 Å². The number of ketones is 1. The van der Waals surface area contributed by atoms with E-state index >= 15 is 0 Å². The molecule has 4 heteroatoms. The van der Waals surface area contributed by atoms with Crippen molar-refractivity contribution in [3.8, 4) is 0 Å². The van der Waals surface area contributed by atoms with Gasteiger partial charge in [0.25, 0.3) is 0 Å². The highest BCUT2D eigenvalue weighted by atomic mass is 16.5. The number of hydrogen-bond acceptors (Lipinski definition) is 4. The van der Waals surface area contributed by atoms with Gasteiger partial charge in [-0.15, -0.1) is 0 Å². The van der Waals surface area contributed by atoms with Crippen LogP contribution in [-0.2, 0) is 19.1 Å². The lowest BCUT2D eigenvalue weighted by Gasteiger charge is -2.23. The monoisotopic (exact) mass is 210 g/mol. The number of Topliss-reactive ketones (excluding diaryl/α,β-unsaturated/α-hetero) is 1. The second kappa shape index (κ2) is 3.68. The van der Waals surface area contributed by atoms with E-state index in [0.29, 0.717) is 17.8 Å². The van der Waals surface area contributed by atoms with Crippen molar-refractivity contribution in [3.05, 3.63) is 11.3 Å². The summed E-state index contributed by atoms with van der Waals surface area (Å²) in [6.45, 7) is 1.72. The number of rotatable bonds is 1. The van der Waals surface area contributed by atoms with Gasteiger partial charge in [0.15, 0.2) is 11.9 Å². The third kappa shape index (κ3) is 1.54. The van der Waals surface area contributed by atoms with Gasteiger partial charge in [0, 0.05) is 12.3 Å². The number of carbonyl (C=O) groups excluding carboxylic acids is 2. The molecule has 0 N–H and O–H groups in total. The number of hydrogen-bond donors (Lipinski definition) is 0. The second-order valence-electron chi connectivity index (χ2n) is 3.96. The van der Waals surface area contributed by atoms with E-state index in [4.69, 9.17) is 9.47 Å². The summed E-state index contributed by atoms with van der Waals surface area (Å²) >= 11 is 0. The van der Waals surface area contributed by atoms with Gasteiger partial charge < -0.3 is 9.47 Å². The summed E-state index contributed by atoms with van der Waals surface area (Å²) in [5, 5.41) is 0. The third-order valence-electron chi connectivity index (χ3n) is 3.08. The van der Waals surface area contributed by atoms with E-state index in [1.54, 1.807) is 6.92 Å². The predicted molar refractivity (Wildman–Crippen MR) is 51.9 cm³/mol. The first-order valence-corrected chi connectivity index (χ1v) is 5.13. The fourth-order valence-corrected chi connectivity index (χ4v) is 2.38. The van der Waals surface area contributed by atoms with Gasteiger partial charge in [0.1, 0.15) is 5.76 Å². The van der Waals surface area contributed by atoms with Crippen molar-refractivity contribution in [2.45, 2.75) is 32.3 Å². The lowest BCUT2D eigenvalue weighted by Crippen LogP contribution is -2.33. The Morgan fingerprint density at radius 2 is 2.27 bits per heavy atom. The van der Waals surface area contributed by atoms with Crippen LogP contribution in [0.25, 0.3) is 0 Å². The Hall–Kier alpha value is -1.32. The zero-order chi connectivity index (χ0) is 11.0. The van der Waals surface area contributed by atoms with Crippen molar-refractivity contribution in [2.24, 2.45) is 5.92 Å². The van der Waals surface area contributed by atoms with E-state index in [9.17, 15) is 9.59 Å². The van der Waals surface area contributed by atoms with Crippen LogP contribution in [0.2, 0.25) is 0 Å². The minimum Gasteiger partial charge on any atom is -0.486 e. The van der Waals surface area contributed by atoms with Crippen LogP contribution in [0.5, 0.6) is 0 Å². The standard InChI is InChI=1S/C11H14O4/c1-6-9(11(13)14-2)7-4-3-5-8(12)10(7)15-6/h7,10H,3-5H2,1-2H3/t7-,10-/m1/s1. The molecule has 0 aromatic heterocycles. The van der Waals surface area contributed by atoms with Crippen LogP contribution in [0, 0.1) is 5.92 Å². The fourth-order valence-electron chi connectivity index (χ4n) is 2.38. The molecule has 4 nitrogen and oxygen atoms in total. The Morgan fingerprint density at radius 3 is 2.93 bits per heavy atom. The summed E-state index contributed by atoms with van der Waals surface area (Å²) in [7, 11) is 1.35. The van der Waals surface area contributed by atoms with Gasteiger partial charge in [-0.3, -0.25) is 4.79 Å². The van der Waals surface area contributed by atoms with Crippen molar-refractivity contribution < 1.29 is 19.1 Å². The van der Waals surface area contributed by atoms with Gasteiger partial charge >= 0.3 is 5.97 Å². The topological polar surface area (TPSA) is 52.6 Å². The first-order valence-electron chi connectivity index (χ1n) is 5.13. The summed E-state index contributed by atoms with van der Waals surface area (Å²) in [6, 6.07) is 0. The molecule has 0 aromatic carbocycles. The molecule has 1 heterocycles. The van der Waals surface area contributed by atoms with E-state index in [1.165, 1.54) is 7.11 Å². The molecule has 0 spiro atoms. The van der Waals surface area contributed by atoms with Crippen LogP contribution >= 0.6 is 0 Å². The molecular formula is C11H14O4. The summed E-state index contributed by atoms with van der Waals surface area (Å²) < 4.78 is 10.1. The SMILES string of the molecule is COC(=O)C1=C(C)O[C@H]2C(=O)CCC[C@H]12. The minimum atomic E-state index is -0.437. The van der Waals surface area contributed by atoms with Crippen molar-refractivity contribution in [3.63, 3.8) is 0 Å². The quantitative estimate of drug-likeness (QED) is 0.610. The Balaban J connectivity index is 2.27. The van der Waals surface area contributed by atoms with E-state index in [2.05, 4.69) is 0 Å². The van der Waals surface area contributed by atoms with E-state index in [1.807, 2.05) is 0 Å². The summed E-state index contributed by atoms with van der Waals surface area (Å²) in [5.41, 5.74) is 0.551. The number of fused-ring (bicyclic) bond motifs is 1. The largest absolute Gasteiger partial charge is 0.486 e. The van der Waals surface area contributed by atoms with Crippen LogP contribution in [-0.4, -0.2) is 25.0 Å². The van der Waals surface area contributed by atoms with Gasteiger partial charge in [0.05, 0.1) is 12.7 Å². The molecule has 1 saturated carbocycles. The molecule has 0 saturated heterocycles. The van der Waals surface area contributed by atoms with Crippen molar-refractivity contribution in [1.29, 1.82) is 0 Å². The van der Waals surface area contributed by atoms with E-state index < -0.39 is 6.10 Å². The van der Waals surface area contributed by atoms with Crippen molar-refractivity contribution in [1.82, 2.24) is 0 Å². The molecule has 1 aliphatic heterocycles. The fraction of sp³-hybridized carbons (Fsp3) is 0.636. The zero-order valence-corrected chi connectivity index (χ0v) is 8.91. The number of esters is 1. The van der Waals surface area contributed by atoms with Crippen molar-refractivity contribution in [2.75, 3.05) is 7.11 Å². The molecule has 2 rings (SSSR count). The molecule has 82 valence electrons. The molecule has 0 aromatic rings. The van der Waals surface area contributed by atoms with Gasteiger partial charge in [-0.05, 0) is 19.8 Å². The maximum atomic E-state index is 11.6. The predicted octanol–water partition coefficient (Wildman–Crippen LogP) is 1.20.